The number of nitrogens with two attached hydrogens (primary N) is 1. The molecule has 23 heavy (non-hydrogen) atoms. The number of benzene rings is 2. The largest absolute Gasteiger partial charge is 0.491 e. The van der Waals surface area contributed by atoms with Crippen LogP contribution in [0.2, 0.25) is 0 Å². The second kappa shape index (κ2) is 7.32. The number of hydrogen-bond donors (Lipinski definition) is 2. The van der Waals surface area contributed by atoms with Crippen LogP contribution in [0, 0.1) is 0 Å². The molecular formula is C17H17N3O2S. The van der Waals surface area contributed by atoms with E-state index in [-0.39, 0.29) is 13.2 Å². The van der Waals surface area contributed by atoms with Gasteiger partial charge in [0.25, 0.3) is 0 Å². The van der Waals surface area contributed by atoms with E-state index in [1.807, 2.05) is 54.6 Å². The summed E-state index contributed by atoms with van der Waals surface area (Å²) in [7, 11) is 0. The third-order valence-corrected chi connectivity index (χ3v) is 4.14. The van der Waals surface area contributed by atoms with E-state index in [0.29, 0.717) is 5.75 Å². The minimum atomic E-state index is -0.651. The van der Waals surface area contributed by atoms with Crippen molar-refractivity contribution in [3.63, 3.8) is 0 Å². The summed E-state index contributed by atoms with van der Waals surface area (Å²) in [5.41, 5.74) is 8.29. The van der Waals surface area contributed by atoms with Crippen molar-refractivity contribution in [2.75, 3.05) is 13.2 Å². The molecule has 0 amide bonds. The Morgan fingerprint density at radius 3 is 2.48 bits per heavy atom. The van der Waals surface area contributed by atoms with Gasteiger partial charge in [-0.15, -0.1) is 5.10 Å². The zero-order chi connectivity index (χ0) is 16.1. The number of aromatic nitrogens is 2. The van der Waals surface area contributed by atoms with Gasteiger partial charge in [-0.05, 0) is 41.4 Å². The van der Waals surface area contributed by atoms with Crippen molar-refractivity contribution < 1.29 is 9.84 Å². The van der Waals surface area contributed by atoms with Crippen LogP contribution in [0.1, 0.15) is 0 Å². The highest BCUT2D eigenvalue weighted by Gasteiger charge is 2.12. The maximum atomic E-state index is 9.42. The third kappa shape index (κ3) is 3.73. The van der Waals surface area contributed by atoms with Gasteiger partial charge in [0, 0.05) is 12.1 Å². The molecule has 0 saturated carbocycles. The summed E-state index contributed by atoms with van der Waals surface area (Å²) in [4.78, 5) is 1.04. The predicted octanol–water partition coefficient (Wildman–Crippen LogP) is 2.57. The van der Waals surface area contributed by atoms with Crippen LogP contribution in [0.15, 0.2) is 54.6 Å². The Morgan fingerprint density at radius 2 is 1.78 bits per heavy atom. The number of hydrogen-bond acceptors (Lipinski definition) is 6. The first-order valence-corrected chi connectivity index (χ1v) is 8.04. The Balaban J connectivity index is 1.80. The van der Waals surface area contributed by atoms with Gasteiger partial charge in [0.05, 0.1) is 4.88 Å². The SMILES string of the molecule is NCC(O)COc1ccc(-c2nnsc2-c2ccccc2)cc1. The lowest BCUT2D eigenvalue weighted by atomic mass is 10.1. The van der Waals surface area contributed by atoms with Crippen LogP contribution in [-0.2, 0) is 0 Å². The summed E-state index contributed by atoms with van der Waals surface area (Å²) in [6.07, 6.45) is -0.651. The van der Waals surface area contributed by atoms with Crippen molar-refractivity contribution in [2.24, 2.45) is 5.73 Å². The molecule has 5 nitrogen and oxygen atoms in total. The lowest BCUT2D eigenvalue weighted by Crippen LogP contribution is -2.26. The van der Waals surface area contributed by atoms with Crippen molar-refractivity contribution >= 4 is 11.5 Å². The average Bonchev–Trinajstić information content (AvgIpc) is 3.10. The van der Waals surface area contributed by atoms with Gasteiger partial charge in [-0.2, -0.15) is 0 Å². The number of nitrogens with zero attached hydrogens (tertiary/aromatic N) is 2. The maximum absolute atomic E-state index is 9.42. The van der Waals surface area contributed by atoms with Crippen LogP contribution in [0.3, 0.4) is 0 Å². The zero-order valence-corrected chi connectivity index (χ0v) is 13.2. The van der Waals surface area contributed by atoms with Crippen LogP contribution in [0.25, 0.3) is 21.7 Å². The molecule has 0 aliphatic heterocycles. The first kappa shape index (κ1) is 15.6. The Labute approximate surface area is 138 Å². The summed E-state index contributed by atoms with van der Waals surface area (Å²) < 4.78 is 9.56. The van der Waals surface area contributed by atoms with Crippen LogP contribution in [0.4, 0.5) is 0 Å². The number of aliphatic hydroxyl groups is 1. The average molecular weight is 327 g/mol. The minimum absolute atomic E-state index is 0.184. The highest BCUT2D eigenvalue weighted by atomic mass is 32.1. The molecule has 1 aromatic heterocycles. The molecule has 3 N–H and O–H groups in total. The van der Waals surface area contributed by atoms with Gasteiger partial charge < -0.3 is 15.6 Å². The molecule has 0 radical (unpaired) electrons. The highest BCUT2D eigenvalue weighted by molar-refractivity contribution is 7.09. The molecule has 1 heterocycles. The van der Waals surface area contributed by atoms with Crippen molar-refractivity contribution in [3.05, 3.63) is 54.6 Å². The van der Waals surface area contributed by atoms with Crippen molar-refractivity contribution in [1.82, 2.24) is 9.59 Å². The fourth-order valence-electron chi connectivity index (χ4n) is 2.13. The van der Waals surface area contributed by atoms with Crippen molar-refractivity contribution in [2.45, 2.75) is 6.10 Å². The van der Waals surface area contributed by atoms with Crippen molar-refractivity contribution in [3.8, 4) is 27.4 Å². The minimum Gasteiger partial charge on any atom is -0.491 e. The monoisotopic (exact) mass is 327 g/mol. The molecule has 0 spiro atoms. The Kier molecular flexibility index (Phi) is 4.97. The lowest BCUT2D eigenvalue weighted by molar-refractivity contribution is 0.114. The normalized spacial score (nSPS) is 12.1. The molecule has 118 valence electrons. The number of rotatable bonds is 6. The van der Waals surface area contributed by atoms with Crippen molar-refractivity contribution in [1.29, 1.82) is 0 Å². The van der Waals surface area contributed by atoms with Gasteiger partial charge in [0.1, 0.15) is 24.2 Å². The van der Waals surface area contributed by atoms with E-state index in [2.05, 4.69) is 9.59 Å². The fraction of sp³-hybridized carbons (Fsp3) is 0.176. The van der Waals surface area contributed by atoms with Gasteiger partial charge in [-0.1, -0.05) is 34.8 Å². The molecule has 1 unspecified atom stereocenters. The van der Waals surface area contributed by atoms with E-state index in [1.165, 1.54) is 11.5 Å². The maximum Gasteiger partial charge on any atom is 0.119 e. The van der Waals surface area contributed by atoms with E-state index in [1.54, 1.807) is 0 Å². The zero-order valence-electron chi connectivity index (χ0n) is 12.4. The fourth-order valence-corrected chi connectivity index (χ4v) is 2.82. The summed E-state index contributed by atoms with van der Waals surface area (Å²) in [5.74, 6) is 0.686. The summed E-state index contributed by atoms with van der Waals surface area (Å²) in [6.45, 7) is 0.367. The summed E-state index contributed by atoms with van der Waals surface area (Å²) in [5, 5.41) is 13.7. The highest BCUT2D eigenvalue weighted by Crippen LogP contribution is 2.33. The smallest absolute Gasteiger partial charge is 0.119 e. The number of aliphatic hydroxyl groups excluding tert-OH is 1. The van der Waals surface area contributed by atoms with Gasteiger partial charge in [-0.25, -0.2) is 0 Å². The van der Waals surface area contributed by atoms with Gasteiger partial charge in [0.15, 0.2) is 0 Å². The van der Waals surface area contributed by atoms with Gasteiger partial charge in [-0.3, -0.25) is 0 Å². The van der Waals surface area contributed by atoms with Crippen LogP contribution in [0.5, 0.6) is 5.75 Å². The molecule has 0 fully saturated rings. The Hall–Kier alpha value is -2.28. The summed E-state index contributed by atoms with van der Waals surface area (Å²) in [6, 6.07) is 17.7. The molecular weight excluding hydrogens is 310 g/mol. The molecule has 0 aliphatic rings. The molecule has 6 heteroatoms. The molecule has 1 atom stereocenters. The Morgan fingerprint density at radius 1 is 1.04 bits per heavy atom. The third-order valence-electron chi connectivity index (χ3n) is 3.37. The standard InChI is InChI=1S/C17H17N3O2S/c18-10-14(21)11-22-15-8-6-12(7-9-15)16-17(23-20-19-16)13-4-2-1-3-5-13/h1-9,14,21H,10-11,18H2. The molecule has 2 aromatic carbocycles. The predicted molar refractivity (Wildman–Crippen MR) is 91.3 cm³/mol. The van der Waals surface area contributed by atoms with E-state index >= 15 is 0 Å². The van der Waals surface area contributed by atoms with E-state index in [0.717, 1.165) is 21.7 Å². The van der Waals surface area contributed by atoms with Crippen LogP contribution < -0.4 is 10.5 Å². The molecule has 0 bridgehead atoms. The number of ether oxygens (including phenoxy) is 1. The van der Waals surface area contributed by atoms with Crippen LogP contribution in [-0.4, -0.2) is 33.9 Å². The molecule has 3 rings (SSSR count). The second-order valence-corrected chi connectivity index (χ2v) is 5.80. The quantitative estimate of drug-likeness (QED) is 0.727. The van der Waals surface area contributed by atoms with E-state index < -0.39 is 6.10 Å². The first-order chi connectivity index (χ1) is 11.3. The Bertz CT molecular complexity index is 744. The molecule has 0 saturated heterocycles. The topological polar surface area (TPSA) is 81.3 Å². The second-order valence-electron chi connectivity index (χ2n) is 5.04. The first-order valence-electron chi connectivity index (χ1n) is 7.27. The molecule has 0 aliphatic carbocycles. The van der Waals surface area contributed by atoms with Gasteiger partial charge >= 0.3 is 0 Å². The van der Waals surface area contributed by atoms with Crippen LogP contribution >= 0.6 is 11.5 Å². The molecule has 3 aromatic rings. The summed E-state index contributed by atoms with van der Waals surface area (Å²) >= 11 is 1.38. The van der Waals surface area contributed by atoms with E-state index in [4.69, 9.17) is 10.5 Å². The van der Waals surface area contributed by atoms with Gasteiger partial charge in [0.2, 0.25) is 0 Å². The lowest BCUT2D eigenvalue weighted by Gasteiger charge is -2.10. The van der Waals surface area contributed by atoms with E-state index in [9.17, 15) is 5.11 Å².